The summed E-state index contributed by atoms with van der Waals surface area (Å²) in [5.41, 5.74) is 2.52. The van der Waals surface area contributed by atoms with Crippen LogP contribution in [0.4, 0.5) is 10.1 Å². The van der Waals surface area contributed by atoms with Crippen LogP contribution in [0.5, 0.6) is 0 Å². The number of aryl methyl sites for hydroxylation is 1. The van der Waals surface area contributed by atoms with Crippen molar-refractivity contribution in [1.29, 1.82) is 0 Å². The molecular formula is C22H23FN6O. The molecular weight excluding hydrogens is 383 g/mol. The molecule has 1 fully saturated rings. The molecule has 2 aliphatic rings. The fourth-order valence-corrected chi connectivity index (χ4v) is 4.59. The molecule has 8 heteroatoms. The number of rotatable bonds is 4. The van der Waals surface area contributed by atoms with Gasteiger partial charge >= 0.3 is 0 Å². The van der Waals surface area contributed by atoms with E-state index < -0.39 is 5.82 Å². The van der Waals surface area contributed by atoms with E-state index in [1.165, 1.54) is 12.1 Å². The van der Waals surface area contributed by atoms with Gasteiger partial charge in [0.25, 0.3) is 5.91 Å². The largest absolute Gasteiger partial charge is 0.319 e. The van der Waals surface area contributed by atoms with E-state index in [1.807, 2.05) is 23.6 Å². The molecule has 4 heterocycles. The Morgan fingerprint density at radius 2 is 1.97 bits per heavy atom. The summed E-state index contributed by atoms with van der Waals surface area (Å²) in [4.78, 5) is 19.8. The van der Waals surface area contributed by atoms with Gasteiger partial charge in [-0.25, -0.2) is 4.39 Å². The highest BCUT2D eigenvalue weighted by Gasteiger charge is 2.39. The fraction of sp³-hybridized carbons (Fsp3) is 0.364. The van der Waals surface area contributed by atoms with Gasteiger partial charge in [0.2, 0.25) is 5.82 Å². The second kappa shape index (κ2) is 7.60. The number of fused-ring (bicyclic) bond motifs is 2. The van der Waals surface area contributed by atoms with Crippen LogP contribution >= 0.6 is 0 Å². The second-order valence-corrected chi connectivity index (χ2v) is 8.20. The van der Waals surface area contributed by atoms with E-state index in [9.17, 15) is 9.18 Å². The predicted molar refractivity (Wildman–Crippen MR) is 109 cm³/mol. The third kappa shape index (κ3) is 3.70. The average Bonchev–Trinajstić information content (AvgIpc) is 3.28. The summed E-state index contributed by atoms with van der Waals surface area (Å²) < 4.78 is 15.3. The number of hydrogen-bond acceptors (Lipinski definition) is 5. The molecule has 1 aromatic carbocycles. The van der Waals surface area contributed by atoms with E-state index in [0.717, 1.165) is 49.8 Å². The minimum Gasteiger partial charge on any atom is -0.319 e. The van der Waals surface area contributed by atoms with Crippen molar-refractivity contribution in [2.75, 3.05) is 18.4 Å². The number of pyridine rings is 1. The number of aromatic nitrogens is 4. The number of nitrogens with one attached hydrogen (secondary N) is 1. The van der Waals surface area contributed by atoms with Gasteiger partial charge in [0.1, 0.15) is 11.6 Å². The molecule has 0 bridgehead atoms. The van der Waals surface area contributed by atoms with Crippen molar-refractivity contribution in [3.05, 3.63) is 71.3 Å². The van der Waals surface area contributed by atoms with Gasteiger partial charge in [-0.2, -0.15) is 0 Å². The molecule has 2 aliphatic heterocycles. The highest BCUT2D eigenvalue weighted by molar-refractivity contribution is 6.01. The third-order valence-electron chi connectivity index (χ3n) is 5.96. The lowest BCUT2D eigenvalue weighted by Gasteiger charge is -2.25. The molecule has 30 heavy (non-hydrogen) atoms. The number of hydrogen-bond donors (Lipinski definition) is 1. The smallest absolute Gasteiger partial charge is 0.293 e. The minimum absolute atomic E-state index is 0.284. The van der Waals surface area contributed by atoms with Crippen LogP contribution in [0.2, 0.25) is 0 Å². The van der Waals surface area contributed by atoms with Gasteiger partial charge in [-0.1, -0.05) is 12.1 Å². The SMILES string of the molecule is Cc1cccc(CN2C[C@@H]3Cc4nnc(C(=O)Nc5cccc(F)c5)n4C[C@@H]3C2)n1. The Morgan fingerprint density at radius 1 is 1.13 bits per heavy atom. The number of anilines is 1. The number of benzene rings is 1. The maximum Gasteiger partial charge on any atom is 0.293 e. The van der Waals surface area contributed by atoms with Crippen molar-refractivity contribution in [1.82, 2.24) is 24.6 Å². The van der Waals surface area contributed by atoms with Crippen molar-refractivity contribution in [3.8, 4) is 0 Å². The molecule has 0 unspecified atom stereocenters. The number of amides is 1. The third-order valence-corrected chi connectivity index (χ3v) is 5.96. The van der Waals surface area contributed by atoms with E-state index in [1.54, 1.807) is 12.1 Å². The average molecular weight is 406 g/mol. The fourth-order valence-electron chi connectivity index (χ4n) is 4.59. The molecule has 0 saturated carbocycles. The number of carbonyl (C=O) groups excluding carboxylic acids is 1. The molecule has 2 atom stereocenters. The van der Waals surface area contributed by atoms with Gasteiger partial charge in [-0.05, 0) is 49.1 Å². The standard InChI is InChI=1S/C22H23FN6O/c1-14-4-2-7-19(24-14)13-28-10-15-8-20-26-27-21(29(20)12-16(15)11-28)22(30)25-18-6-3-5-17(23)9-18/h2-7,9,15-16H,8,10-13H2,1H3,(H,25,30)/t15-,16-/m0/s1. The van der Waals surface area contributed by atoms with E-state index in [-0.39, 0.29) is 11.7 Å². The Hall–Kier alpha value is -3.13. The lowest BCUT2D eigenvalue weighted by Crippen LogP contribution is -2.31. The quantitative estimate of drug-likeness (QED) is 0.721. The predicted octanol–water partition coefficient (Wildman–Crippen LogP) is 2.68. The topological polar surface area (TPSA) is 75.9 Å². The van der Waals surface area contributed by atoms with E-state index >= 15 is 0 Å². The molecule has 7 nitrogen and oxygen atoms in total. The lowest BCUT2D eigenvalue weighted by atomic mass is 9.89. The molecule has 2 aromatic heterocycles. The monoisotopic (exact) mass is 406 g/mol. The molecule has 154 valence electrons. The summed E-state index contributed by atoms with van der Waals surface area (Å²) in [5.74, 6) is 1.32. The first-order valence-electron chi connectivity index (χ1n) is 10.2. The van der Waals surface area contributed by atoms with E-state index in [0.29, 0.717) is 17.5 Å². The minimum atomic E-state index is -0.395. The van der Waals surface area contributed by atoms with Crippen LogP contribution in [-0.4, -0.2) is 43.6 Å². The number of likely N-dealkylation sites (tertiary alicyclic amines) is 1. The molecule has 3 aromatic rings. The lowest BCUT2D eigenvalue weighted by molar-refractivity contribution is 0.100. The number of nitrogens with zero attached hydrogens (tertiary/aromatic N) is 5. The summed E-state index contributed by atoms with van der Waals surface area (Å²) >= 11 is 0. The summed E-state index contributed by atoms with van der Waals surface area (Å²) in [5, 5.41) is 11.1. The first-order chi connectivity index (χ1) is 14.5. The van der Waals surface area contributed by atoms with Crippen LogP contribution in [0.3, 0.4) is 0 Å². The molecule has 1 saturated heterocycles. The Kier molecular flexibility index (Phi) is 4.78. The van der Waals surface area contributed by atoms with Gasteiger partial charge in [0, 0.05) is 44.0 Å². The normalized spacial score (nSPS) is 20.6. The zero-order valence-corrected chi connectivity index (χ0v) is 16.8. The number of halogens is 1. The highest BCUT2D eigenvalue weighted by atomic mass is 19.1. The van der Waals surface area contributed by atoms with Gasteiger partial charge in [-0.15, -0.1) is 10.2 Å². The van der Waals surface area contributed by atoms with Gasteiger partial charge < -0.3 is 9.88 Å². The van der Waals surface area contributed by atoms with Crippen molar-refractivity contribution < 1.29 is 9.18 Å². The summed E-state index contributed by atoms with van der Waals surface area (Å²) in [6.45, 7) is 5.52. The maximum absolute atomic E-state index is 13.4. The van der Waals surface area contributed by atoms with Crippen LogP contribution < -0.4 is 5.32 Å². The Bertz CT molecular complexity index is 1100. The molecule has 0 radical (unpaired) electrons. The number of carbonyl (C=O) groups is 1. The summed E-state index contributed by atoms with van der Waals surface area (Å²) in [6.07, 6.45) is 0.808. The molecule has 1 amide bonds. The first kappa shape index (κ1) is 18.9. The van der Waals surface area contributed by atoms with Crippen LogP contribution in [0.15, 0.2) is 42.5 Å². The van der Waals surface area contributed by atoms with Gasteiger partial charge in [0.15, 0.2) is 0 Å². The van der Waals surface area contributed by atoms with Gasteiger partial charge in [-0.3, -0.25) is 14.7 Å². The molecule has 1 N–H and O–H groups in total. The zero-order chi connectivity index (χ0) is 20.7. The second-order valence-electron chi connectivity index (χ2n) is 8.20. The van der Waals surface area contributed by atoms with Crippen LogP contribution in [0, 0.1) is 24.6 Å². The summed E-state index contributed by atoms with van der Waals surface area (Å²) in [7, 11) is 0. The molecule has 5 rings (SSSR count). The van der Waals surface area contributed by atoms with Crippen LogP contribution in [-0.2, 0) is 19.5 Å². The van der Waals surface area contributed by atoms with Crippen molar-refractivity contribution in [2.24, 2.45) is 11.8 Å². The van der Waals surface area contributed by atoms with Gasteiger partial charge in [0.05, 0.1) is 5.69 Å². The molecule has 0 spiro atoms. The van der Waals surface area contributed by atoms with Crippen LogP contribution in [0.25, 0.3) is 0 Å². The highest BCUT2D eigenvalue weighted by Crippen LogP contribution is 2.33. The van der Waals surface area contributed by atoms with Crippen LogP contribution in [0.1, 0.15) is 27.8 Å². The molecule has 0 aliphatic carbocycles. The zero-order valence-electron chi connectivity index (χ0n) is 16.8. The first-order valence-corrected chi connectivity index (χ1v) is 10.2. The van der Waals surface area contributed by atoms with Crippen molar-refractivity contribution >= 4 is 11.6 Å². The van der Waals surface area contributed by atoms with E-state index in [4.69, 9.17) is 0 Å². The van der Waals surface area contributed by atoms with E-state index in [2.05, 4.69) is 31.5 Å². The summed E-state index contributed by atoms with van der Waals surface area (Å²) in [6, 6.07) is 12.0. The van der Waals surface area contributed by atoms with Crippen molar-refractivity contribution in [2.45, 2.75) is 26.4 Å². The Morgan fingerprint density at radius 3 is 2.80 bits per heavy atom. The Balaban J connectivity index is 1.28. The Labute approximate surface area is 174 Å². The van der Waals surface area contributed by atoms with Crippen molar-refractivity contribution in [3.63, 3.8) is 0 Å². The maximum atomic E-state index is 13.4.